The van der Waals surface area contributed by atoms with Crippen molar-refractivity contribution in [1.29, 1.82) is 0 Å². The van der Waals surface area contributed by atoms with Crippen LogP contribution < -0.4 is 0 Å². The van der Waals surface area contributed by atoms with Crippen LogP contribution in [0.4, 0.5) is 0 Å². The lowest BCUT2D eigenvalue weighted by Gasteiger charge is -1.91. The molecule has 7 heavy (non-hydrogen) atoms. The highest BCUT2D eigenvalue weighted by molar-refractivity contribution is 4.99. The lowest BCUT2D eigenvalue weighted by atomic mass is 10.1. The van der Waals surface area contributed by atoms with Crippen LogP contribution in [0.5, 0.6) is 0 Å². The molecule has 0 bridgehead atoms. The molecular formula is C7H11. The molecule has 0 spiro atoms. The van der Waals surface area contributed by atoms with E-state index < -0.39 is 0 Å². The molecule has 0 aromatic carbocycles. The normalized spacial score (nSPS) is 11.9. The summed E-state index contributed by atoms with van der Waals surface area (Å²) in [5.41, 5.74) is 0. The van der Waals surface area contributed by atoms with E-state index in [0.29, 0.717) is 5.92 Å². The van der Waals surface area contributed by atoms with Crippen molar-refractivity contribution in [2.45, 2.75) is 20.3 Å². The Balaban J connectivity index is 3.29. The molecule has 0 N–H and O–H groups in total. The zero-order valence-electron chi connectivity index (χ0n) is 4.99. The Hall–Kier alpha value is -0.440. The van der Waals surface area contributed by atoms with Crippen LogP contribution in [0.3, 0.4) is 0 Å². The van der Waals surface area contributed by atoms with Gasteiger partial charge in [0.15, 0.2) is 0 Å². The first-order valence-electron chi connectivity index (χ1n) is 2.52. The maximum atomic E-state index is 3.70. The van der Waals surface area contributed by atoms with Gasteiger partial charge in [-0.2, -0.15) is 0 Å². The Kier molecular flexibility index (Phi) is 3.50. The highest BCUT2D eigenvalue weighted by Crippen LogP contribution is 1.94. The third-order valence-corrected chi connectivity index (χ3v) is 0.824. The lowest BCUT2D eigenvalue weighted by Crippen LogP contribution is -1.83. The fourth-order valence-electron chi connectivity index (χ4n) is 0.319. The van der Waals surface area contributed by atoms with Crippen LogP contribution >= 0.6 is 0 Å². The van der Waals surface area contributed by atoms with Gasteiger partial charge in [-0.3, -0.25) is 0 Å². The summed E-state index contributed by atoms with van der Waals surface area (Å²) >= 11 is 0. The quantitative estimate of drug-likeness (QED) is 0.436. The van der Waals surface area contributed by atoms with E-state index in [1.165, 1.54) is 0 Å². The van der Waals surface area contributed by atoms with Crippen LogP contribution in [0.25, 0.3) is 0 Å². The van der Waals surface area contributed by atoms with Crippen molar-refractivity contribution in [2.75, 3.05) is 0 Å². The van der Waals surface area contributed by atoms with Gasteiger partial charge in [-0.25, -0.2) is 0 Å². The summed E-state index contributed by atoms with van der Waals surface area (Å²) in [4.78, 5) is 0. The van der Waals surface area contributed by atoms with Gasteiger partial charge in [0.05, 0.1) is 0 Å². The van der Waals surface area contributed by atoms with Gasteiger partial charge in [0.2, 0.25) is 0 Å². The van der Waals surface area contributed by atoms with Gasteiger partial charge in [0.1, 0.15) is 0 Å². The van der Waals surface area contributed by atoms with E-state index in [-0.39, 0.29) is 0 Å². The molecule has 0 aromatic rings. The van der Waals surface area contributed by atoms with Gasteiger partial charge >= 0.3 is 0 Å². The molecule has 1 atom stereocenters. The van der Waals surface area contributed by atoms with Gasteiger partial charge in [-0.15, -0.1) is 11.8 Å². The summed E-state index contributed by atoms with van der Waals surface area (Å²) in [5, 5.41) is 0. The smallest absolute Gasteiger partial charge is 0.0174 e. The Labute approximate surface area is 45.9 Å². The van der Waals surface area contributed by atoms with E-state index in [0.717, 1.165) is 6.42 Å². The van der Waals surface area contributed by atoms with Crippen LogP contribution in [0, 0.1) is 24.7 Å². The molecule has 0 aromatic heterocycles. The van der Waals surface area contributed by atoms with E-state index in [1.54, 1.807) is 0 Å². The first-order valence-corrected chi connectivity index (χ1v) is 2.52. The Morgan fingerprint density at radius 1 is 1.71 bits per heavy atom. The highest BCUT2D eigenvalue weighted by atomic mass is 13.9. The van der Waals surface area contributed by atoms with E-state index >= 15 is 0 Å². The molecule has 0 heteroatoms. The number of rotatable bonds is 1. The molecule has 0 amide bonds. The standard InChI is InChI=1S/C7H11/c1-4-6-7(3)5-2/h7H,2,5H2,1,3H3. The first-order chi connectivity index (χ1) is 3.31. The summed E-state index contributed by atoms with van der Waals surface area (Å²) in [5.74, 6) is 6.29. The van der Waals surface area contributed by atoms with Crippen molar-refractivity contribution < 1.29 is 0 Å². The molecular weight excluding hydrogens is 84.1 g/mol. The van der Waals surface area contributed by atoms with E-state index in [1.807, 2.05) is 6.92 Å². The van der Waals surface area contributed by atoms with Crippen LogP contribution in [0.1, 0.15) is 20.3 Å². The molecule has 0 fully saturated rings. The second-order valence-electron chi connectivity index (χ2n) is 1.58. The average Bonchev–Trinajstić information content (AvgIpc) is 1.68. The molecule has 0 saturated heterocycles. The summed E-state index contributed by atoms with van der Waals surface area (Å²) in [6, 6.07) is 0. The summed E-state index contributed by atoms with van der Waals surface area (Å²) < 4.78 is 0. The average molecular weight is 95.2 g/mol. The number of hydrogen-bond acceptors (Lipinski definition) is 0. The molecule has 0 aliphatic rings. The molecule has 39 valence electrons. The fraction of sp³-hybridized carbons (Fsp3) is 0.571. The molecule has 0 aliphatic heterocycles. The van der Waals surface area contributed by atoms with Crippen LogP contribution in [-0.2, 0) is 0 Å². The topological polar surface area (TPSA) is 0 Å². The monoisotopic (exact) mass is 95.1 g/mol. The first kappa shape index (κ1) is 6.56. The maximum absolute atomic E-state index is 3.70. The lowest BCUT2D eigenvalue weighted by molar-refractivity contribution is 0.770. The van der Waals surface area contributed by atoms with Gasteiger partial charge in [-0.1, -0.05) is 13.8 Å². The van der Waals surface area contributed by atoms with Crippen molar-refractivity contribution in [3.63, 3.8) is 0 Å². The van der Waals surface area contributed by atoms with Crippen molar-refractivity contribution in [3.05, 3.63) is 6.92 Å². The van der Waals surface area contributed by atoms with E-state index in [4.69, 9.17) is 0 Å². The van der Waals surface area contributed by atoms with Crippen LogP contribution in [-0.4, -0.2) is 0 Å². The zero-order chi connectivity index (χ0) is 5.70. The van der Waals surface area contributed by atoms with Crippen molar-refractivity contribution in [1.82, 2.24) is 0 Å². The number of hydrogen-bond donors (Lipinski definition) is 0. The fourth-order valence-corrected chi connectivity index (χ4v) is 0.319. The molecule has 0 nitrogen and oxygen atoms in total. The third kappa shape index (κ3) is 3.39. The summed E-state index contributed by atoms with van der Waals surface area (Å²) in [7, 11) is 0. The third-order valence-electron chi connectivity index (χ3n) is 0.824. The Morgan fingerprint density at radius 2 is 2.29 bits per heavy atom. The van der Waals surface area contributed by atoms with Crippen molar-refractivity contribution in [3.8, 4) is 11.8 Å². The molecule has 1 unspecified atom stereocenters. The maximum Gasteiger partial charge on any atom is 0.0174 e. The predicted molar refractivity (Wildman–Crippen MR) is 32.6 cm³/mol. The van der Waals surface area contributed by atoms with Gasteiger partial charge in [0.25, 0.3) is 0 Å². The molecule has 1 radical (unpaired) electrons. The second kappa shape index (κ2) is 3.74. The van der Waals surface area contributed by atoms with Crippen LogP contribution in [0.2, 0.25) is 0 Å². The van der Waals surface area contributed by atoms with Gasteiger partial charge < -0.3 is 0 Å². The minimum Gasteiger partial charge on any atom is -0.106 e. The van der Waals surface area contributed by atoms with Gasteiger partial charge in [0, 0.05) is 5.92 Å². The minimum atomic E-state index is 0.477. The Morgan fingerprint density at radius 3 is 2.43 bits per heavy atom. The van der Waals surface area contributed by atoms with Crippen molar-refractivity contribution in [2.24, 2.45) is 5.92 Å². The van der Waals surface area contributed by atoms with Crippen LogP contribution in [0.15, 0.2) is 0 Å². The Bertz CT molecular complexity index is 81.9. The predicted octanol–water partition coefficient (Wildman–Crippen LogP) is 1.87. The molecule has 0 rings (SSSR count). The zero-order valence-corrected chi connectivity index (χ0v) is 4.99. The molecule has 0 saturated carbocycles. The molecule has 0 heterocycles. The second-order valence-corrected chi connectivity index (χ2v) is 1.58. The SMILES string of the molecule is [CH2]CC(C)C#CC. The highest BCUT2D eigenvalue weighted by Gasteiger charge is 1.86. The van der Waals surface area contributed by atoms with Crippen molar-refractivity contribution >= 4 is 0 Å². The summed E-state index contributed by atoms with van der Waals surface area (Å²) in [6.07, 6.45) is 0.918. The minimum absolute atomic E-state index is 0.477. The van der Waals surface area contributed by atoms with Gasteiger partial charge in [-0.05, 0) is 13.3 Å². The molecule has 0 aliphatic carbocycles. The van der Waals surface area contributed by atoms with E-state index in [9.17, 15) is 0 Å². The summed E-state index contributed by atoms with van der Waals surface area (Å²) in [6.45, 7) is 7.63. The largest absolute Gasteiger partial charge is 0.106 e. The van der Waals surface area contributed by atoms with E-state index in [2.05, 4.69) is 25.7 Å².